The number of nitrogens with one attached hydrogen (secondary N) is 1. The third-order valence-corrected chi connectivity index (χ3v) is 7.89. The lowest BCUT2D eigenvalue weighted by atomic mass is 10.0. The molecule has 0 radical (unpaired) electrons. The minimum Gasteiger partial charge on any atom is -0.368 e. The fourth-order valence-electron chi connectivity index (χ4n) is 4.53. The summed E-state index contributed by atoms with van der Waals surface area (Å²) in [7, 11) is 0. The van der Waals surface area contributed by atoms with Crippen LogP contribution in [0.15, 0.2) is 54.2 Å². The highest BCUT2D eigenvalue weighted by Crippen LogP contribution is 2.29. The second kappa shape index (κ2) is 10.1. The maximum Gasteiger partial charge on any atom is 0.253 e. The van der Waals surface area contributed by atoms with E-state index in [1.165, 1.54) is 11.1 Å². The zero-order valence-corrected chi connectivity index (χ0v) is 20.8. The van der Waals surface area contributed by atoms with Gasteiger partial charge in [-0.1, -0.05) is 35.3 Å². The summed E-state index contributed by atoms with van der Waals surface area (Å²) in [6.07, 6.45) is 3.63. The molecule has 5 rings (SSSR count). The van der Waals surface area contributed by atoms with Gasteiger partial charge in [-0.2, -0.15) is 0 Å². The molecule has 1 aromatic carbocycles. The molecule has 2 amide bonds. The molecule has 10 heteroatoms. The Morgan fingerprint density at radius 1 is 1.20 bits per heavy atom. The number of halogens is 2. The van der Waals surface area contributed by atoms with Crippen LogP contribution >= 0.6 is 34.5 Å². The zero-order chi connectivity index (χ0) is 24.5. The molecule has 7 nitrogen and oxygen atoms in total. The number of fused-ring (bicyclic) bond motifs is 1. The van der Waals surface area contributed by atoms with Gasteiger partial charge >= 0.3 is 0 Å². The number of aromatic nitrogens is 1. The predicted molar refractivity (Wildman–Crippen MR) is 134 cm³/mol. The molecule has 4 heterocycles. The van der Waals surface area contributed by atoms with Crippen LogP contribution in [0.2, 0.25) is 10.0 Å². The summed E-state index contributed by atoms with van der Waals surface area (Å²) in [6, 6.07) is 9.17. The van der Waals surface area contributed by atoms with E-state index in [4.69, 9.17) is 27.9 Å². The highest BCUT2D eigenvalue weighted by Gasteiger charge is 2.48. The minimum absolute atomic E-state index is 0.00408. The number of pyridine rings is 1. The molecule has 3 atom stereocenters. The minimum atomic E-state index is -0.919. The number of amides is 2. The fraction of sp³-hybridized carbons (Fsp3) is 0.280. The van der Waals surface area contributed by atoms with Gasteiger partial charge in [0.1, 0.15) is 18.7 Å². The van der Waals surface area contributed by atoms with Gasteiger partial charge in [-0.15, -0.1) is 11.3 Å². The van der Waals surface area contributed by atoms with Crippen molar-refractivity contribution in [2.75, 3.05) is 13.2 Å². The molecule has 0 saturated carbocycles. The van der Waals surface area contributed by atoms with Crippen molar-refractivity contribution < 1.29 is 19.1 Å². The molecule has 35 heavy (non-hydrogen) atoms. The number of carbonyl (C=O) groups is 3. The van der Waals surface area contributed by atoms with Crippen LogP contribution in [-0.4, -0.2) is 58.8 Å². The second-order valence-corrected chi connectivity index (χ2v) is 10.3. The third-order valence-electron chi connectivity index (χ3n) is 6.23. The SMILES string of the molecule is O=C(NC(Cc1ccc(Cl)c(Cl)c1)C(=O)N1CCC2OCC(=O)C21)c1cncc(-c2cccs2)c1. The number of rotatable bonds is 6. The molecule has 2 aliphatic rings. The summed E-state index contributed by atoms with van der Waals surface area (Å²) in [5, 5.41) is 5.57. The molecule has 0 bridgehead atoms. The van der Waals surface area contributed by atoms with Gasteiger partial charge in [-0.25, -0.2) is 0 Å². The highest BCUT2D eigenvalue weighted by atomic mass is 35.5. The Morgan fingerprint density at radius 3 is 2.83 bits per heavy atom. The summed E-state index contributed by atoms with van der Waals surface area (Å²) in [4.78, 5) is 46.0. The highest BCUT2D eigenvalue weighted by molar-refractivity contribution is 7.13. The van der Waals surface area contributed by atoms with E-state index in [1.54, 1.807) is 41.8 Å². The number of ketones is 1. The molecule has 3 aromatic rings. The van der Waals surface area contributed by atoms with Crippen molar-refractivity contribution in [1.29, 1.82) is 0 Å². The van der Waals surface area contributed by atoms with Crippen molar-refractivity contribution in [2.45, 2.75) is 31.0 Å². The number of Topliss-reactive ketones (excluding diaryl/α,β-unsaturated/α-hetero) is 1. The van der Waals surface area contributed by atoms with Crippen molar-refractivity contribution in [1.82, 2.24) is 15.2 Å². The summed E-state index contributed by atoms with van der Waals surface area (Å²) < 4.78 is 5.53. The molecule has 2 fully saturated rings. The van der Waals surface area contributed by atoms with E-state index in [1.807, 2.05) is 17.5 Å². The lowest BCUT2D eigenvalue weighted by Gasteiger charge is -2.27. The van der Waals surface area contributed by atoms with E-state index in [9.17, 15) is 14.4 Å². The van der Waals surface area contributed by atoms with Crippen LogP contribution in [0.1, 0.15) is 22.3 Å². The van der Waals surface area contributed by atoms with Crippen LogP contribution in [0.4, 0.5) is 0 Å². The maximum absolute atomic E-state index is 13.6. The summed E-state index contributed by atoms with van der Waals surface area (Å²) in [6.45, 7) is 0.396. The topological polar surface area (TPSA) is 88.6 Å². The molecule has 2 aromatic heterocycles. The van der Waals surface area contributed by atoms with Gasteiger partial charge in [0.05, 0.1) is 21.7 Å². The lowest BCUT2D eigenvalue weighted by Crippen LogP contribution is -2.53. The molecular formula is C25H21Cl2N3O4S. The van der Waals surface area contributed by atoms with E-state index in [0.29, 0.717) is 28.6 Å². The van der Waals surface area contributed by atoms with E-state index in [-0.39, 0.29) is 30.8 Å². The maximum atomic E-state index is 13.6. The van der Waals surface area contributed by atoms with Crippen LogP contribution in [0.5, 0.6) is 0 Å². The van der Waals surface area contributed by atoms with Gasteiger partial charge < -0.3 is 15.0 Å². The number of carbonyl (C=O) groups excluding carboxylic acids is 3. The van der Waals surface area contributed by atoms with Gasteiger partial charge in [0.2, 0.25) is 5.91 Å². The monoisotopic (exact) mass is 529 g/mol. The molecule has 0 spiro atoms. The van der Waals surface area contributed by atoms with Crippen molar-refractivity contribution in [2.24, 2.45) is 0 Å². The fourth-order valence-corrected chi connectivity index (χ4v) is 5.56. The van der Waals surface area contributed by atoms with E-state index >= 15 is 0 Å². The summed E-state index contributed by atoms with van der Waals surface area (Å²) in [5.74, 6) is -0.884. The average molecular weight is 530 g/mol. The summed E-state index contributed by atoms with van der Waals surface area (Å²) >= 11 is 13.8. The van der Waals surface area contributed by atoms with Gasteiger partial charge in [0, 0.05) is 35.8 Å². The standard InChI is InChI=1S/C25H21Cl2N3O4S/c26-17-4-3-14(8-18(17)27)9-19(25(33)30-6-5-21-23(30)20(31)13-34-21)29-24(32)16-10-15(11-28-12-16)22-2-1-7-35-22/h1-4,7-8,10-12,19,21,23H,5-6,9,13H2,(H,29,32). The Bertz CT molecular complexity index is 1280. The van der Waals surface area contributed by atoms with Gasteiger partial charge in [-0.05, 0) is 41.6 Å². The van der Waals surface area contributed by atoms with E-state index < -0.39 is 18.0 Å². The van der Waals surface area contributed by atoms with Gasteiger partial charge in [0.15, 0.2) is 5.78 Å². The Balaban J connectivity index is 1.41. The first kappa shape index (κ1) is 23.9. The Kier molecular flexibility index (Phi) is 6.88. The number of ether oxygens (including phenoxy) is 1. The van der Waals surface area contributed by atoms with Crippen LogP contribution in [-0.2, 0) is 20.7 Å². The smallest absolute Gasteiger partial charge is 0.253 e. The van der Waals surface area contributed by atoms with Crippen LogP contribution in [0, 0.1) is 0 Å². The van der Waals surface area contributed by atoms with Crippen molar-refractivity contribution in [3.8, 4) is 10.4 Å². The quantitative estimate of drug-likeness (QED) is 0.520. The van der Waals surface area contributed by atoms with Crippen molar-refractivity contribution >= 4 is 52.1 Å². The largest absolute Gasteiger partial charge is 0.368 e. The average Bonchev–Trinajstić information content (AvgIpc) is 3.61. The van der Waals surface area contributed by atoms with Crippen molar-refractivity contribution in [3.05, 3.63) is 75.3 Å². The predicted octanol–water partition coefficient (Wildman–Crippen LogP) is 4.03. The second-order valence-electron chi connectivity index (χ2n) is 8.50. The molecule has 2 aliphatic heterocycles. The van der Waals surface area contributed by atoms with E-state index in [2.05, 4.69) is 10.3 Å². The first-order valence-corrected chi connectivity index (χ1v) is 12.7. The molecular weight excluding hydrogens is 509 g/mol. The van der Waals surface area contributed by atoms with Gasteiger partial charge in [-0.3, -0.25) is 19.4 Å². The first-order chi connectivity index (χ1) is 16.9. The normalized spacial score (nSPS) is 20.1. The molecule has 180 valence electrons. The Hall–Kier alpha value is -2.78. The van der Waals surface area contributed by atoms with E-state index in [0.717, 1.165) is 16.0 Å². The third kappa shape index (κ3) is 4.97. The van der Waals surface area contributed by atoms with Gasteiger partial charge in [0.25, 0.3) is 5.91 Å². The number of hydrogen-bond acceptors (Lipinski definition) is 6. The number of thiophene rings is 1. The van der Waals surface area contributed by atoms with Crippen molar-refractivity contribution in [3.63, 3.8) is 0 Å². The number of benzene rings is 1. The Labute approximate surface area is 216 Å². The number of hydrogen-bond donors (Lipinski definition) is 1. The molecule has 1 N–H and O–H groups in total. The van der Waals surface area contributed by atoms with Crippen LogP contribution < -0.4 is 5.32 Å². The molecule has 2 saturated heterocycles. The number of nitrogens with zero attached hydrogens (tertiary/aromatic N) is 2. The summed E-state index contributed by atoms with van der Waals surface area (Å²) in [5.41, 5.74) is 1.88. The zero-order valence-electron chi connectivity index (χ0n) is 18.4. The molecule has 0 aliphatic carbocycles. The van der Waals surface area contributed by atoms with Crippen LogP contribution in [0.3, 0.4) is 0 Å². The van der Waals surface area contributed by atoms with Crippen LogP contribution in [0.25, 0.3) is 10.4 Å². The number of likely N-dealkylation sites (tertiary alicyclic amines) is 1. The molecule has 3 unspecified atom stereocenters. The lowest BCUT2D eigenvalue weighted by molar-refractivity contribution is -0.138. The Morgan fingerprint density at radius 2 is 2.06 bits per heavy atom. The first-order valence-electron chi connectivity index (χ1n) is 11.1.